The number of hydrogen-bond acceptors (Lipinski definition) is 3. The van der Waals surface area contributed by atoms with Crippen molar-refractivity contribution in [2.45, 2.75) is 12.1 Å². The van der Waals surface area contributed by atoms with Crippen LogP contribution in [-0.2, 0) is 0 Å². The van der Waals surface area contributed by atoms with Gasteiger partial charge in [-0.1, -0.05) is 12.1 Å². The van der Waals surface area contributed by atoms with E-state index in [-0.39, 0.29) is 17.9 Å². The number of halogens is 1. The van der Waals surface area contributed by atoms with Crippen molar-refractivity contribution in [3.63, 3.8) is 0 Å². The van der Waals surface area contributed by atoms with E-state index in [9.17, 15) is 4.39 Å². The summed E-state index contributed by atoms with van der Waals surface area (Å²) in [5.41, 5.74) is 7.19. The van der Waals surface area contributed by atoms with Gasteiger partial charge in [-0.3, -0.25) is 4.90 Å². The fraction of sp³-hybridized carbons (Fsp3) is 0.500. The molecule has 1 aliphatic heterocycles. The Morgan fingerprint density at radius 1 is 1.44 bits per heavy atom. The van der Waals surface area contributed by atoms with E-state index >= 15 is 0 Å². The van der Waals surface area contributed by atoms with Crippen LogP contribution in [0.2, 0.25) is 0 Å². The Hall–Kier alpha value is -0.970. The number of benzene rings is 1. The van der Waals surface area contributed by atoms with Gasteiger partial charge in [-0.05, 0) is 24.7 Å². The number of nitrogens with one attached hydrogen (secondary N) is 1. The summed E-state index contributed by atoms with van der Waals surface area (Å²) in [4.78, 5) is 2.25. The van der Waals surface area contributed by atoms with Crippen molar-refractivity contribution in [1.29, 1.82) is 0 Å². The van der Waals surface area contributed by atoms with Crippen molar-refractivity contribution in [2.24, 2.45) is 5.73 Å². The molecule has 4 heteroatoms. The van der Waals surface area contributed by atoms with Crippen LogP contribution >= 0.6 is 0 Å². The molecule has 0 bridgehead atoms. The van der Waals surface area contributed by atoms with E-state index in [0.29, 0.717) is 0 Å². The van der Waals surface area contributed by atoms with E-state index in [2.05, 4.69) is 17.3 Å². The van der Waals surface area contributed by atoms with Crippen LogP contribution in [0.5, 0.6) is 0 Å². The largest absolute Gasteiger partial charge is 0.323 e. The standard InChI is InChI=1S/C12H18FN3/c1-16-7-6-15-8-11(16)12(14)9-2-4-10(13)5-3-9/h2-5,11-12,15H,6-8,14H2,1H3. The molecule has 2 atom stereocenters. The third-order valence-electron chi connectivity index (χ3n) is 3.23. The molecule has 2 rings (SSSR count). The van der Waals surface area contributed by atoms with Crippen LogP contribution in [0.3, 0.4) is 0 Å². The molecule has 1 aromatic carbocycles. The average molecular weight is 223 g/mol. The Labute approximate surface area is 95.4 Å². The van der Waals surface area contributed by atoms with Crippen LogP contribution in [0.15, 0.2) is 24.3 Å². The number of nitrogens with zero attached hydrogens (tertiary/aromatic N) is 1. The zero-order valence-electron chi connectivity index (χ0n) is 9.49. The molecule has 1 fully saturated rings. The highest BCUT2D eigenvalue weighted by molar-refractivity contribution is 5.21. The first-order valence-electron chi connectivity index (χ1n) is 5.60. The van der Waals surface area contributed by atoms with Crippen LogP contribution in [0.4, 0.5) is 4.39 Å². The van der Waals surface area contributed by atoms with Crippen molar-refractivity contribution in [3.8, 4) is 0 Å². The van der Waals surface area contributed by atoms with Gasteiger partial charge in [0.15, 0.2) is 0 Å². The average Bonchev–Trinajstić information content (AvgIpc) is 2.30. The van der Waals surface area contributed by atoms with Gasteiger partial charge in [-0.15, -0.1) is 0 Å². The summed E-state index contributed by atoms with van der Waals surface area (Å²) < 4.78 is 12.8. The number of piperazine rings is 1. The lowest BCUT2D eigenvalue weighted by atomic mass is 9.98. The summed E-state index contributed by atoms with van der Waals surface area (Å²) in [6, 6.07) is 6.67. The predicted molar refractivity (Wildman–Crippen MR) is 62.6 cm³/mol. The van der Waals surface area contributed by atoms with Crippen LogP contribution < -0.4 is 11.1 Å². The van der Waals surface area contributed by atoms with Gasteiger partial charge >= 0.3 is 0 Å². The van der Waals surface area contributed by atoms with Gasteiger partial charge in [0.2, 0.25) is 0 Å². The molecule has 3 N–H and O–H groups in total. The molecule has 0 amide bonds. The van der Waals surface area contributed by atoms with Crippen LogP contribution in [0, 0.1) is 5.82 Å². The van der Waals surface area contributed by atoms with Crippen molar-refractivity contribution in [2.75, 3.05) is 26.7 Å². The molecule has 3 nitrogen and oxygen atoms in total. The Kier molecular flexibility index (Phi) is 3.53. The molecular weight excluding hydrogens is 205 g/mol. The van der Waals surface area contributed by atoms with Crippen molar-refractivity contribution in [1.82, 2.24) is 10.2 Å². The maximum absolute atomic E-state index is 12.8. The molecule has 0 saturated carbocycles. The minimum Gasteiger partial charge on any atom is -0.323 e. The zero-order chi connectivity index (χ0) is 11.5. The molecule has 1 heterocycles. The van der Waals surface area contributed by atoms with Crippen molar-refractivity contribution in [3.05, 3.63) is 35.6 Å². The number of likely N-dealkylation sites (N-methyl/N-ethyl adjacent to an activating group) is 1. The first-order valence-corrected chi connectivity index (χ1v) is 5.60. The zero-order valence-corrected chi connectivity index (χ0v) is 9.49. The van der Waals surface area contributed by atoms with E-state index in [1.807, 2.05) is 0 Å². The SMILES string of the molecule is CN1CCNCC1C(N)c1ccc(F)cc1. The van der Waals surface area contributed by atoms with Gasteiger partial charge in [0.1, 0.15) is 5.82 Å². The van der Waals surface area contributed by atoms with Gasteiger partial charge in [0, 0.05) is 31.7 Å². The van der Waals surface area contributed by atoms with E-state index in [1.165, 1.54) is 12.1 Å². The molecule has 0 aliphatic carbocycles. The lowest BCUT2D eigenvalue weighted by molar-refractivity contribution is 0.174. The van der Waals surface area contributed by atoms with E-state index in [0.717, 1.165) is 25.2 Å². The lowest BCUT2D eigenvalue weighted by Gasteiger charge is -2.37. The first-order chi connectivity index (χ1) is 7.68. The van der Waals surface area contributed by atoms with Gasteiger partial charge < -0.3 is 11.1 Å². The van der Waals surface area contributed by atoms with Crippen LogP contribution in [0.1, 0.15) is 11.6 Å². The minimum absolute atomic E-state index is 0.0709. The molecule has 0 spiro atoms. The van der Waals surface area contributed by atoms with Crippen molar-refractivity contribution >= 4 is 0 Å². The van der Waals surface area contributed by atoms with E-state index < -0.39 is 0 Å². The van der Waals surface area contributed by atoms with Crippen molar-refractivity contribution < 1.29 is 4.39 Å². The second-order valence-electron chi connectivity index (χ2n) is 4.33. The highest BCUT2D eigenvalue weighted by atomic mass is 19.1. The maximum Gasteiger partial charge on any atom is 0.123 e. The molecule has 1 aromatic rings. The summed E-state index contributed by atoms with van der Waals surface area (Å²) in [5, 5.41) is 3.33. The summed E-state index contributed by atoms with van der Waals surface area (Å²) in [6.45, 7) is 2.89. The van der Waals surface area contributed by atoms with Gasteiger partial charge in [0.05, 0.1) is 0 Å². The second kappa shape index (κ2) is 4.91. The van der Waals surface area contributed by atoms with E-state index in [1.54, 1.807) is 12.1 Å². The number of nitrogens with two attached hydrogens (primary N) is 1. The maximum atomic E-state index is 12.8. The summed E-state index contributed by atoms with van der Waals surface area (Å²) >= 11 is 0. The van der Waals surface area contributed by atoms with E-state index in [4.69, 9.17) is 5.73 Å². The number of rotatable bonds is 2. The summed E-state index contributed by atoms with van der Waals surface area (Å²) in [5.74, 6) is -0.217. The molecular formula is C12H18FN3. The van der Waals surface area contributed by atoms with Crippen LogP contribution in [0.25, 0.3) is 0 Å². The lowest BCUT2D eigenvalue weighted by Crippen LogP contribution is -2.53. The molecule has 88 valence electrons. The van der Waals surface area contributed by atoms with Gasteiger partial charge in [-0.2, -0.15) is 0 Å². The monoisotopic (exact) mass is 223 g/mol. The fourth-order valence-electron chi connectivity index (χ4n) is 2.14. The summed E-state index contributed by atoms with van der Waals surface area (Å²) in [6.07, 6.45) is 0. The molecule has 1 aliphatic rings. The third-order valence-corrected chi connectivity index (χ3v) is 3.23. The quantitative estimate of drug-likeness (QED) is 0.776. The molecule has 1 saturated heterocycles. The predicted octanol–water partition coefficient (Wildman–Crippen LogP) is 0.729. The molecule has 0 radical (unpaired) electrons. The Balaban J connectivity index is 2.11. The summed E-state index contributed by atoms with van der Waals surface area (Å²) in [7, 11) is 2.08. The molecule has 0 aromatic heterocycles. The highest BCUT2D eigenvalue weighted by Crippen LogP contribution is 2.19. The highest BCUT2D eigenvalue weighted by Gasteiger charge is 2.25. The molecule has 2 unspecified atom stereocenters. The Morgan fingerprint density at radius 3 is 2.75 bits per heavy atom. The first kappa shape index (κ1) is 11.5. The smallest absolute Gasteiger partial charge is 0.123 e. The normalized spacial score (nSPS) is 24.3. The Bertz CT molecular complexity index is 339. The topological polar surface area (TPSA) is 41.3 Å². The minimum atomic E-state index is -0.217. The Morgan fingerprint density at radius 2 is 2.12 bits per heavy atom. The second-order valence-corrected chi connectivity index (χ2v) is 4.33. The fourth-order valence-corrected chi connectivity index (χ4v) is 2.14. The van der Waals surface area contributed by atoms with Gasteiger partial charge in [-0.25, -0.2) is 4.39 Å². The third kappa shape index (κ3) is 2.40. The number of hydrogen-bond donors (Lipinski definition) is 2. The van der Waals surface area contributed by atoms with Crippen LogP contribution in [-0.4, -0.2) is 37.6 Å². The van der Waals surface area contributed by atoms with Gasteiger partial charge in [0.25, 0.3) is 0 Å². The molecule has 16 heavy (non-hydrogen) atoms.